The van der Waals surface area contributed by atoms with E-state index in [1.165, 1.54) is 24.9 Å². The number of terminal acetylenes is 1. The van der Waals surface area contributed by atoms with Crippen molar-refractivity contribution in [2.45, 2.75) is 18.9 Å². The molecule has 1 aromatic heterocycles. The molecule has 1 aliphatic rings. The van der Waals surface area contributed by atoms with Gasteiger partial charge < -0.3 is 0 Å². The molecule has 1 saturated heterocycles. The van der Waals surface area contributed by atoms with E-state index >= 15 is 0 Å². The van der Waals surface area contributed by atoms with Crippen LogP contribution in [0.2, 0.25) is 0 Å². The fourth-order valence-corrected chi connectivity index (χ4v) is 2.02. The molecule has 1 aromatic rings. The van der Waals surface area contributed by atoms with E-state index in [2.05, 4.69) is 28.9 Å². The van der Waals surface area contributed by atoms with Crippen LogP contribution >= 0.6 is 0 Å². The largest absolute Gasteiger partial charge is 0.299 e. The fraction of sp³-hybridized carbons (Fsp3) is 0.417. The van der Waals surface area contributed by atoms with E-state index in [-0.39, 0.29) is 0 Å². The van der Waals surface area contributed by atoms with Gasteiger partial charge in [0.15, 0.2) is 0 Å². The molecule has 2 nitrogen and oxygen atoms in total. The highest BCUT2D eigenvalue weighted by Crippen LogP contribution is 2.29. The molecule has 0 amide bonds. The summed E-state index contributed by atoms with van der Waals surface area (Å²) in [6.07, 6.45) is 9.67. The monoisotopic (exact) mass is 186 g/mol. The Kier molecular flexibility index (Phi) is 2.51. The van der Waals surface area contributed by atoms with Gasteiger partial charge in [-0.25, -0.2) is 4.98 Å². The highest BCUT2D eigenvalue weighted by Gasteiger charge is 2.22. The second-order valence-corrected chi connectivity index (χ2v) is 3.76. The first-order valence-corrected chi connectivity index (χ1v) is 4.94. The van der Waals surface area contributed by atoms with Crippen LogP contribution in [-0.4, -0.2) is 23.5 Å². The van der Waals surface area contributed by atoms with Gasteiger partial charge in [-0.05, 0) is 38.1 Å². The van der Waals surface area contributed by atoms with Crippen molar-refractivity contribution in [3.05, 3.63) is 29.6 Å². The van der Waals surface area contributed by atoms with Gasteiger partial charge in [0.2, 0.25) is 0 Å². The molecule has 0 N–H and O–H groups in total. The second-order valence-electron chi connectivity index (χ2n) is 3.76. The lowest BCUT2D eigenvalue weighted by molar-refractivity contribution is 0.317. The molecule has 72 valence electrons. The molecule has 1 unspecified atom stereocenters. The van der Waals surface area contributed by atoms with Crippen LogP contribution in [0.3, 0.4) is 0 Å². The smallest absolute Gasteiger partial charge is 0.112 e. The Balaban J connectivity index is 2.21. The molecule has 14 heavy (non-hydrogen) atoms. The minimum absolute atomic E-state index is 0.536. The Labute approximate surface area is 85.0 Å². The van der Waals surface area contributed by atoms with Crippen LogP contribution in [0, 0.1) is 12.3 Å². The lowest BCUT2D eigenvalue weighted by Crippen LogP contribution is -2.17. The highest BCUT2D eigenvalue weighted by molar-refractivity contribution is 5.27. The van der Waals surface area contributed by atoms with Crippen molar-refractivity contribution in [1.29, 1.82) is 0 Å². The molecule has 1 aliphatic heterocycles. The average Bonchev–Trinajstić information content (AvgIpc) is 2.65. The van der Waals surface area contributed by atoms with Crippen LogP contribution in [0.25, 0.3) is 0 Å². The Hall–Kier alpha value is -1.33. The Morgan fingerprint density at radius 3 is 2.93 bits per heavy atom. The number of hydrogen-bond donors (Lipinski definition) is 0. The molecule has 0 spiro atoms. The zero-order valence-electron chi connectivity index (χ0n) is 8.40. The number of aromatic nitrogens is 1. The van der Waals surface area contributed by atoms with E-state index in [1.807, 2.05) is 12.3 Å². The Morgan fingerprint density at radius 2 is 2.43 bits per heavy atom. The summed E-state index contributed by atoms with van der Waals surface area (Å²) < 4.78 is 0. The molecular formula is C12H14N2. The van der Waals surface area contributed by atoms with Crippen molar-refractivity contribution in [2.75, 3.05) is 13.6 Å². The van der Waals surface area contributed by atoms with Gasteiger partial charge in [0.25, 0.3) is 0 Å². The zero-order valence-corrected chi connectivity index (χ0v) is 8.40. The van der Waals surface area contributed by atoms with Crippen LogP contribution in [0.1, 0.15) is 30.1 Å². The summed E-state index contributed by atoms with van der Waals surface area (Å²) in [5.41, 5.74) is 2.00. The molecule has 0 bridgehead atoms. The minimum atomic E-state index is 0.536. The van der Waals surface area contributed by atoms with E-state index in [0.717, 1.165) is 5.69 Å². The predicted octanol–water partition coefficient (Wildman–Crippen LogP) is 1.83. The summed E-state index contributed by atoms with van der Waals surface area (Å²) in [6.45, 7) is 1.18. The third kappa shape index (κ3) is 1.64. The standard InChI is InChI=1S/C12H14N2/c1-3-11-7-6-10(9-13-11)12-5-4-8-14(12)2/h1,6-7,9,12H,4-5,8H2,2H3. The molecule has 2 heterocycles. The van der Waals surface area contributed by atoms with Crippen molar-refractivity contribution in [2.24, 2.45) is 0 Å². The Morgan fingerprint density at radius 1 is 1.57 bits per heavy atom. The molecule has 0 aliphatic carbocycles. The Bertz CT molecular complexity index is 348. The van der Waals surface area contributed by atoms with Gasteiger partial charge >= 0.3 is 0 Å². The maximum atomic E-state index is 5.26. The number of rotatable bonds is 1. The molecule has 2 heteroatoms. The van der Waals surface area contributed by atoms with Gasteiger partial charge in [-0.1, -0.05) is 12.0 Å². The lowest BCUT2D eigenvalue weighted by atomic mass is 10.1. The third-order valence-electron chi connectivity index (χ3n) is 2.84. The van der Waals surface area contributed by atoms with E-state index in [9.17, 15) is 0 Å². The summed E-state index contributed by atoms with van der Waals surface area (Å²) in [7, 11) is 2.16. The molecule has 0 saturated carbocycles. The topological polar surface area (TPSA) is 16.1 Å². The van der Waals surface area contributed by atoms with Gasteiger partial charge in [0, 0.05) is 12.2 Å². The minimum Gasteiger partial charge on any atom is -0.299 e. The highest BCUT2D eigenvalue weighted by atomic mass is 15.1. The molecular weight excluding hydrogens is 172 g/mol. The fourth-order valence-electron chi connectivity index (χ4n) is 2.02. The summed E-state index contributed by atoms with van der Waals surface area (Å²) in [6, 6.07) is 4.55. The van der Waals surface area contributed by atoms with Gasteiger partial charge in [0.05, 0.1) is 0 Å². The van der Waals surface area contributed by atoms with Gasteiger partial charge in [-0.2, -0.15) is 0 Å². The van der Waals surface area contributed by atoms with Crippen molar-refractivity contribution in [1.82, 2.24) is 9.88 Å². The van der Waals surface area contributed by atoms with Gasteiger partial charge in [-0.3, -0.25) is 4.90 Å². The van der Waals surface area contributed by atoms with Gasteiger partial charge in [-0.15, -0.1) is 6.42 Å². The molecule has 0 radical (unpaired) electrons. The van der Waals surface area contributed by atoms with Gasteiger partial charge in [0.1, 0.15) is 5.69 Å². The maximum absolute atomic E-state index is 5.26. The van der Waals surface area contributed by atoms with Crippen LogP contribution in [0.5, 0.6) is 0 Å². The third-order valence-corrected chi connectivity index (χ3v) is 2.84. The van der Waals surface area contributed by atoms with Crippen molar-refractivity contribution < 1.29 is 0 Å². The molecule has 2 rings (SSSR count). The number of likely N-dealkylation sites (tertiary alicyclic amines) is 1. The predicted molar refractivity (Wildman–Crippen MR) is 56.8 cm³/mol. The normalized spacial score (nSPS) is 22.1. The maximum Gasteiger partial charge on any atom is 0.112 e. The van der Waals surface area contributed by atoms with E-state index in [0.29, 0.717) is 6.04 Å². The molecule has 1 fully saturated rings. The van der Waals surface area contributed by atoms with Crippen molar-refractivity contribution in [3.63, 3.8) is 0 Å². The quantitative estimate of drug-likeness (QED) is 0.622. The first-order valence-electron chi connectivity index (χ1n) is 4.94. The second kappa shape index (κ2) is 3.81. The molecule has 0 aromatic carbocycles. The first kappa shape index (κ1) is 9.23. The van der Waals surface area contributed by atoms with Crippen LogP contribution in [0.15, 0.2) is 18.3 Å². The summed E-state index contributed by atoms with van der Waals surface area (Å²) in [4.78, 5) is 6.58. The van der Waals surface area contributed by atoms with Crippen molar-refractivity contribution in [3.8, 4) is 12.3 Å². The van der Waals surface area contributed by atoms with E-state index in [4.69, 9.17) is 6.42 Å². The number of pyridine rings is 1. The van der Waals surface area contributed by atoms with Crippen LogP contribution in [-0.2, 0) is 0 Å². The summed E-state index contributed by atoms with van der Waals surface area (Å²) in [5.74, 6) is 2.53. The van der Waals surface area contributed by atoms with Crippen LogP contribution < -0.4 is 0 Å². The van der Waals surface area contributed by atoms with E-state index < -0.39 is 0 Å². The first-order chi connectivity index (χ1) is 6.81. The average molecular weight is 186 g/mol. The van der Waals surface area contributed by atoms with E-state index in [1.54, 1.807) is 0 Å². The van der Waals surface area contributed by atoms with Crippen LogP contribution in [0.4, 0.5) is 0 Å². The molecule has 1 atom stereocenters. The number of hydrogen-bond acceptors (Lipinski definition) is 2. The summed E-state index contributed by atoms with van der Waals surface area (Å²) in [5, 5.41) is 0. The SMILES string of the molecule is C#Cc1ccc(C2CCCN2C)cn1. The van der Waals surface area contributed by atoms with Crippen molar-refractivity contribution >= 4 is 0 Å². The summed E-state index contributed by atoms with van der Waals surface area (Å²) >= 11 is 0. The zero-order chi connectivity index (χ0) is 9.97. The number of nitrogens with zero attached hydrogens (tertiary/aromatic N) is 2. The lowest BCUT2D eigenvalue weighted by Gasteiger charge is -2.19.